The third kappa shape index (κ3) is 6.20. The molecule has 1 atom stereocenters. The molecule has 1 aliphatic heterocycles. The average molecular weight is 575 g/mol. The Bertz CT molecular complexity index is 1620. The van der Waals surface area contributed by atoms with E-state index in [1.807, 2.05) is 37.4 Å². The van der Waals surface area contributed by atoms with E-state index < -0.39 is 23.6 Å². The molecule has 4 aromatic rings. The standard InChI is InChI=1S/C33H35FN2O6/c1-6-39-29(37)16-21-9-8-12-26-31(21)41-28(18-36(26)5)25-19-40-27-14-13-20(15-24(25)27)23-11-7-10-22(30(23)34)17-35-32(38)42-33(2,3)4/h7-15,19,28H,6,16-18H2,1-5H3,(H,35,38). The number of nitrogens with zero attached hydrogens (tertiary/aromatic N) is 1. The van der Waals surface area contributed by atoms with Gasteiger partial charge in [0.25, 0.3) is 0 Å². The number of anilines is 1. The molecule has 220 valence electrons. The van der Waals surface area contributed by atoms with Gasteiger partial charge in [0.1, 0.15) is 28.9 Å². The molecule has 1 aromatic heterocycles. The Hall–Kier alpha value is -4.53. The van der Waals surface area contributed by atoms with Gasteiger partial charge in [0.2, 0.25) is 0 Å². The molecule has 8 nitrogen and oxygen atoms in total. The summed E-state index contributed by atoms with van der Waals surface area (Å²) in [5.41, 5.74) is 3.85. The summed E-state index contributed by atoms with van der Waals surface area (Å²) >= 11 is 0. The molecule has 0 aliphatic carbocycles. The lowest BCUT2D eigenvalue weighted by atomic mass is 9.98. The molecular formula is C33H35FN2O6. The van der Waals surface area contributed by atoms with Gasteiger partial charge >= 0.3 is 12.1 Å². The zero-order valence-corrected chi connectivity index (χ0v) is 24.5. The van der Waals surface area contributed by atoms with Crippen LogP contribution in [0.15, 0.2) is 65.3 Å². The maximum Gasteiger partial charge on any atom is 0.407 e. The van der Waals surface area contributed by atoms with E-state index in [9.17, 15) is 9.59 Å². The molecule has 5 rings (SSSR count). The summed E-state index contributed by atoms with van der Waals surface area (Å²) in [4.78, 5) is 26.4. The summed E-state index contributed by atoms with van der Waals surface area (Å²) in [7, 11) is 1.97. The van der Waals surface area contributed by atoms with E-state index in [0.29, 0.717) is 41.2 Å². The Balaban J connectivity index is 1.43. The monoisotopic (exact) mass is 574 g/mol. The lowest BCUT2D eigenvalue weighted by molar-refractivity contribution is -0.142. The highest BCUT2D eigenvalue weighted by Gasteiger charge is 2.30. The summed E-state index contributed by atoms with van der Waals surface area (Å²) in [5.74, 6) is -0.113. The van der Waals surface area contributed by atoms with Crippen LogP contribution in [-0.4, -0.2) is 37.9 Å². The van der Waals surface area contributed by atoms with Crippen LogP contribution in [0.25, 0.3) is 22.1 Å². The first-order valence-electron chi connectivity index (χ1n) is 13.9. The average Bonchev–Trinajstić information content (AvgIpc) is 3.35. The number of esters is 1. The second kappa shape index (κ2) is 11.8. The van der Waals surface area contributed by atoms with Crippen molar-refractivity contribution in [1.29, 1.82) is 0 Å². The molecule has 3 aromatic carbocycles. The van der Waals surface area contributed by atoms with Crippen molar-refractivity contribution >= 4 is 28.7 Å². The number of likely N-dealkylation sites (N-methyl/N-ethyl adjacent to an activating group) is 1. The number of carbonyl (C=O) groups excluding carboxylic acids is 2. The number of alkyl carbamates (subject to hydrolysis) is 1. The van der Waals surface area contributed by atoms with Crippen molar-refractivity contribution in [2.75, 3.05) is 25.1 Å². The zero-order chi connectivity index (χ0) is 30.0. The van der Waals surface area contributed by atoms with Crippen LogP contribution in [0.4, 0.5) is 14.9 Å². The molecule has 0 fully saturated rings. The highest BCUT2D eigenvalue weighted by molar-refractivity contribution is 5.87. The quantitative estimate of drug-likeness (QED) is 0.239. The van der Waals surface area contributed by atoms with Gasteiger partial charge in [-0.05, 0) is 51.5 Å². The lowest BCUT2D eigenvalue weighted by Crippen LogP contribution is -2.32. The topological polar surface area (TPSA) is 90.2 Å². The third-order valence-electron chi connectivity index (χ3n) is 6.99. The Morgan fingerprint density at radius 2 is 1.86 bits per heavy atom. The number of rotatable bonds is 7. The molecule has 1 aliphatic rings. The van der Waals surface area contributed by atoms with Gasteiger partial charge in [-0.3, -0.25) is 4.79 Å². The number of hydrogen-bond donors (Lipinski definition) is 1. The molecule has 0 saturated heterocycles. The fourth-order valence-corrected chi connectivity index (χ4v) is 5.09. The van der Waals surface area contributed by atoms with Crippen LogP contribution in [0.2, 0.25) is 0 Å². The largest absolute Gasteiger partial charge is 0.481 e. The van der Waals surface area contributed by atoms with Crippen molar-refractivity contribution < 1.29 is 32.6 Å². The van der Waals surface area contributed by atoms with E-state index in [0.717, 1.165) is 22.2 Å². The van der Waals surface area contributed by atoms with E-state index in [2.05, 4.69) is 10.2 Å². The van der Waals surface area contributed by atoms with Crippen molar-refractivity contribution in [1.82, 2.24) is 5.32 Å². The van der Waals surface area contributed by atoms with Gasteiger partial charge in [-0.2, -0.15) is 0 Å². The van der Waals surface area contributed by atoms with Gasteiger partial charge < -0.3 is 28.8 Å². The zero-order valence-electron chi connectivity index (χ0n) is 24.5. The van der Waals surface area contributed by atoms with Gasteiger partial charge in [0.15, 0.2) is 0 Å². The highest BCUT2D eigenvalue weighted by atomic mass is 19.1. The van der Waals surface area contributed by atoms with Crippen LogP contribution in [0, 0.1) is 5.82 Å². The summed E-state index contributed by atoms with van der Waals surface area (Å²) in [6.07, 6.45) is 0.771. The minimum absolute atomic E-state index is 0.0103. The fourth-order valence-electron chi connectivity index (χ4n) is 5.09. The molecule has 1 amide bonds. The predicted octanol–water partition coefficient (Wildman–Crippen LogP) is 6.94. The number of amides is 1. The van der Waals surface area contributed by atoms with Gasteiger partial charge in [-0.1, -0.05) is 36.4 Å². The molecule has 0 saturated carbocycles. The molecule has 0 radical (unpaired) electrons. The smallest absolute Gasteiger partial charge is 0.407 e. The van der Waals surface area contributed by atoms with Gasteiger partial charge in [0, 0.05) is 41.2 Å². The van der Waals surface area contributed by atoms with Crippen LogP contribution in [0.1, 0.15) is 50.5 Å². The summed E-state index contributed by atoms with van der Waals surface area (Å²) in [6, 6.07) is 16.3. The first-order valence-corrected chi connectivity index (χ1v) is 13.9. The molecule has 2 heterocycles. The van der Waals surface area contributed by atoms with Crippen LogP contribution in [-0.2, 0) is 27.2 Å². The first-order chi connectivity index (χ1) is 20.0. The molecular weight excluding hydrogens is 539 g/mol. The Kier molecular flexibility index (Phi) is 8.11. The van der Waals surface area contributed by atoms with Crippen LogP contribution < -0.4 is 15.0 Å². The van der Waals surface area contributed by atoms with E-state index in [1.54, 1.807) is 58.2 Å². The summed E-state index contributed by atoms with van der Waals surface area (Å²) in [5, 5.41) is 3.42. The molecule has 1 N–H and O–H groups in total. The van der Waals surface area contributed by atoms with Crippen molar-refractivity contribution in [3.63, 3.8) is 0 Å². The molecule has 42 heavy (non-hydrogen) atoms. The van der Waals surface area contributed by atoms with Crippen LogP contribution in [0.3, 0.4) is 0 Å². The van der Waals surface area contributed by atoms with E-state index >= 15 is 4.39 Å². The van der Waals surface area contributed by atoms with E-state index in [1.165, 1.54) is 0 Å². The number of carbonyl (C=O) groups is 2. The number of hydrogen-bond acceptors (Lipinski definition) is 7. The number of halogens is 1. The third-order valence-corrected chi connectivity index (χ3v) is 6.99. The first kappa shape index (κ1) is 29.0. The Labute approximate surface area is 244 Å². The second-order valence-corrected chi connectivity index (χ2v) is 11.3. The molecule has 0 spiro atoms. The normalized spacial score (nSPS) is 14.7. The predicted molar refractivity (Wildman–Crippen MR) is 158 cm³/mol. The van der Waals surface area contributed by atoms with E-state index in [4.69, 9.17) is 18.6 Å². The fraction of sp³-hybridized carbons (Fsp3) is 0.333. The minimum Gasteiger partial charge on any atom is -0.481 e. The molecule has 1 unspecified atom stereocenters. The number of nitrogens with one attached hydrogen (secondary N) is 1. The van der Waals surface area contributed by atoms with E-state index in [-0.39, 0.29) is 18.9 Å². The maximum absolute atomic E-state index is 15.7. The number of ether oxygens (including phenoxy) is 3. The van der Waals surface area contributed by atoms with Crippen molar-refractivity contribution in [2.24, 2.45) is 0 Å². The number of furan rings is 1. The van der Waals surface area contributed by atoms with Gasteiger partial charge in [-0.25, -0.2) is 9.18 Å². The summed E-state index contributed by atoms with van der Waals surface area (Å²) < 4.78 is 38.5. The highest BCUT2D eigenvalue weighted by Crippen LogP contribution is 2.42. The number of benzene rings is 3. The number of fused-ring (bicyclic) bond motifs is 2. The van der Waals surface area contributed by atoms with Crippen LogP contribution >= 0.6 is 0 Å². The Morgan fingerprint density at radius 1 is 1.10 bits per heavy atom. The van der Waals surface area contributed by atoms with Crippen molar-refractivity contribution in [3.05, 3.63) is 83.4 Å². The number of para-hydroxylation sites is 1. The lowest BCUT2D eigenvalue weighted by Gasteiger charge is -2.34. The van der Waals surface area contributed by atoms with Crippen molar-refractivity contribution in [3.8, 4) is 16.9 Å². The van der Waals surface area contributed by atoms with Gasteiger partial charge in [-0.15, -0.1) is 0 Å². The second-order valence-electron chi connectivity index (χ2n) is 11.3. The van der Waals surface area contributed by atoms with Crippen LogP contribution in [0.5, 0.6) is 5.75 Å². The SMILES string of the molecule is CCOC(=O)Cc1cccc2c1OC(c1coc3ccc(-c4cccc(CNC(=O)OC(C)(C)C)c4F)cc13)CN2C. The van der Waals surface area contributed by atoms with Gasteiger partial charge in [0.05, 0.1) is 31.5 Å². The Morgan fingerprint density at radius 3 is 2.62 bits per heavy atom. The van der Waals surface area contributed by atoms with Crippen molar-refractivity contribution in [2.45, 2.75) is 52.4 Å². The maximum atomic E-state index is 15.7. The summed E-state index contributed by atoms with van der Waals surface area (Å²) in [6.45, 7) is 7.94. The minimum atomic E-state index is -0.649. The molecule has 9 heteroatoms. The molecule has 0 bridgehead atoms.